The van der Waals surface area contributed by atoms with Crippen LogP contribution < -0.4 is 10.6 Å². The Morgan fingerprint density at radius 3 is 2.70 bits per heavy atom. The summed E-state index contributed by atoms with van der Waals surface area (Å²) >= 11 is 0. The monoisotopic (exact) mass is 404 g/mol. The van der Waals surface area contributed by atoms with Gasteiger partial charge in [0.05, 0.1) is 18.1 Å². The van der Waals surface area contributed by atoms with Crippen LogP contribution in [-0.2, 0) is 13.1 Å². The van der Waals surface area contributed by atoms with Crippen LogP contribution in [0.1, 0.15) is 21.5 Å². The molecule has 0 atom stereocenters. The Balaban J connectivity index is 1.41. The number of anilines is 1. The molecule has 0 bridgehead atoms. The smallest absolute Gasteiger partial charge is 0.251 e. The maximum Gasteiger partial charge on any atom is 0.251 e. The number of fused-ring (bicyclic) bond motifs is 1. The van der Waals surface area contributed by atoms with E-state index in [1.165, 1.54) is 18.5 Å². The number of carbonyl (C=O) groups excluding carboxylic acids is 1. The molecular formula is C22H21FN6O. The van der Waals surface area contributed by atoms with Gasteiger partial charge in [0.25, 0.3) is 5.91 Å². The highest BCUT2D eigenvalue weighted by atomic mass is 19.1. The summed E-state index contributed by atoms with van der Waals surface area (Å²) in [5.41, 5.74) is 3.22. The third-order valence-corrected chi connectivity index (χ3v) is 4.81. The first-order valence-electron chi connectivity index (χ1n) is 9.60. The van der Waals surface area contributed by atoms with Crippen LogP contribution in [0, 0.1) is 12.7 Å². The second kappa shape index (κ2) is 8.69. The van der Waals surface area contributed by atoms with Gasteiger partial charge in [-0.15, -0.1) is 0 Å². The molecule has 8 heteroatoms. The molecule has 0 spiro atoms. The Kier molecular flexibility index (Phi) is 5.65. The maximum atomic E-state index is 13.1. The lowest BCUT2D eigenvalue weighted by Gasteiger charge is -2.09. The molecule has 2 heterocycles. The standard InChI is InChI=1S/C22H21FN6O/c1-15-4-2-3-5-18(15)22(30)24-10-11-29-21-19(13-28-29)20(26-14-27-21)25-12-16-6-8-17(23)9-7-16/h2-9,13-14H,10-12H2,1H3,(H,24,30)(H,25,26,27). The van der Waals surface area contributed by atoms with Crippen molar-refractivity contribution in [2.45, 2.75) is 20.0 Å². The number of aromatic nitrogens is 4. The van der Waals surface area contributed by atoms with Gasteiger partial charge in [0.15, 0.2) is 5.65 Å². The lowest BCUT2D eigenvalue weighted by Crippen LogP contribution is -2.28. The van der Waals surface area contributed by atoms with Crippen LogP contribution in [0.25, 0.3) is 11.0 Å². The molecule has 0 saturated heterocycles. The van der Waals surface area contributed by atoms with Gasteiger partial charge in [-0.1, -0.05) is 30.3 Å². The van der Waals surface area contributed by atoms with Crippen molar-refractivity contribution in [2.24, 2.45) is 0 Å². The number of hydrogen-bond donors (Lipinski definition) is 2. The highest BCUT2D eigenvalue weighted by Crippen LogP contribution is 2.19. The SMILES string of the molecule is Cc1ccccc1C(=O)NCCn1ncc2c(NCc3ccc(F)cc3)ncnc21. The third-order valence-electron chi connectivity index (χ3n) is 4.81. The number of carbonyl (C=O) groups is 1. The van der Waals surface area contributed by atoms with E-state index in [2.05, 4.69) is 25.7 Å². The predicted molar refractivity (Wildman–Crippen MR) is 113 cm³/mol. The Hall–Kier alpha value is -3.81. The van der Waals surface area contributed by atoms with Crippen LogP contribution in [0.3, 0.4) is 0 Å². The molecule has 152 valence electrons. The van der Waals surface area contributed by atoms with Gasteiger partial charge in [-0.3, -0.25) is 4.79 Å². The minimum atomic E-state index is -0.265. The summed E-state index contributed by atoms with van der Waals surface area (Å²) in [4.78, 5) is 21.0. The molecule has 4 aromatic rings. The summed E-state index contributed by atoms with van der Waals surface area (Å²) in [6, 6.07) is 13.8. The van der Waals surface area contributed by atoms with Gasteiger partial charge in [-0.2, -0.15) is 5.10 Å². The van der Waals surface area contributed by atoms with E-state index in [1.807, 2.05) is 25.1 Å². The summed E-state index contributed by atoms with van der Waals surface area (Å²) in [5, 5.41) is 11.3. The Labute approximate surface area is 173 Å². The molecule has 0 unspecified atom stereocenters. The Morgan fingerprint density at radius 2 is 1.90 bits per heavy atom. The number of amides is 1. The van der Waals surface area contributed by atoms with Crippen molar-refractivity contribution in [3.63, 3.8) is 0 Å². The van der Waals surface area contributed by atoms with Crippen molar-refractivity contribution >= 4 is 22.8 Å². The van der Waals surface area contributed by atoms with Crippen molar-refractivity contribution in [1.82, 2.24) is 25.1 Å². The zero-order valence-corrected chi connectivity index (χ0v) is 16.5. The number of nitrogens with zero attached hydrogens (tertiary/aromatic N) is 4. The predicted octanol–water partition coefficient (Wildman–Crippen LogP) is 3.32. The van der Waals surface area contributed by atoms with E-state index in [9.17, 15) is 9.18 Å². The first-order chi connectivity index (χ1) is 14.6. The number of hydrogen-bond acceptors (Lipinski definition) is 5. The van der Waals surface area contributed by atoms with Gasteiger partial charge in [-0.25, -0.2) is 19.0 Å². The van der Waals surface area contributed by atoms with Crippen LogP contribution >= 0.6 is 0 Å². The Morgan fingerprint density at radius 1 is 1.10 bits per heavy atom. The van der Waals surface area contributed by atoms with Crippen molar-refractivity contribution < 1.29 is 9.18 Å². The molecular weight excluding hydrogens is 383 g/mol. The highest BCUT2D eigenvalue weighted by Gasteiger charge is 2.11. The van der Waals surface area contributed by atoms with Gasteiger partial charge in [0.1, 0.15) is 18.0 Å². The average molecular weight is 404 g/mol. The number of nitrogens with one attached hydrogen (secondary N) is 2. The molecule has 2 N–H and O–H groups in total. The van der Waals surface area contributed by atoms with E-state index in [-0.39, 0.29) is 11.7 Å². The molecule has 0 aliphatic carbocycles. The normalized spacial score (nSPS) is 10.9. The minimum Gasteiger partial charge on any atom is -0.365 e. The van der Waals surface area contributed by atoms with E-state index in [4.69, 9.17) is 0 Å². The van der Waals surface area contributed by atoms with Gasteiger partial charge in [0.2, 0.25) is 0 Å². The quantitative estimate of drug-likeness (QED) is 0.494. The van der Waals surface area contributed by atoms with Gasteiger partial charge < -0.3 is 10.6 Å². The van der Waals surface area contributed by atoms with E-state index in [0.717, 1.165) is 16.5 Å². The first-order valence-corrected chi connectivity index (χ1v) is 9.60. The highest BCUT2D eigenvalue weighted by molar-refractivity contribution is 5.95. The molecule has 0 aliphatic rings. The maximum absolute atomic E-state index is 13.1. The number of aryl methyl sites for hydroxylation is 1. The lowest BCUT2D eigenvalue weighted by molar-refractivity contribution is 0.0951. The van der Waals surface area contributed by atoms with Gasteiger partial charge in [-0.05, 0) is 36.2 Å². The molecule has 4 rings (SSSR count). The molecule has 2 aromatic carbocycles. The summed E-state index contributed by atoms with van der Waals surface area (Å²) in [6.07, 6.45) is 3.17. The van der Waals surface area contributed by atoms with Crippen LogP contribution in [0.15, 0.2) is 61.1 Å². The van der Waals surface area contributed by atoms with Crippen LogP contribution in [0.2, 0.25) is 0 Å². The molecule has 2 aromatic heterocycles. The number of benzene rings is 2. The first kappa shape index (κ1) is 19.5. The van der Waals surface area contributed by atoms with E-state index in [0.29, 0.717) is 36.7 Å². The fraction of sp³-hybridized carbons (Fsp3) is 0.182. The van der Waals surface area contributed by atoms with Crippen LogP contribution in [0.5, 0.6) is 0 Å². The van der Waals surface area contributed by atoms with Crippen LogP contribution in [0.4, 0.5) is 10.2 Å². The van der Waals surface area contributed by atoms with Crippen molar-refractivity contribution in [2.75, 3.05) is 11.9 Å². The zero-order valence-electron chi connectivity index (χ0n) is 16.5. The number of rotatable bonds is 7. The summed E-state index contributed by atoms with van der Waals surface area (Å²) in [6.45, 7) is 3.32. The topological polar surface area (TPSA) is 84.7 Å². The van der Waals surface area contributed by atoms with Crippen LogP contribution in [-0.4, -0.2) is 32.2 Å². The summed E-state index contributed by atoms with van der Waals surface area (Å²) in [5.74, 6) is 0.277. The molecule has 30 heavy (non-hydrogen) atoms. The zero-order chi connectivity index (χ0) is 20.9. The van der Waals surface area contributed by atoms with Gasteiger partial charge in [0, 0.05) is 18.7 Å². The van der Waals surface area contributed by atoms with Crippen molar-refractivity contribution in [3.8, 4) is 0 Å². The van der Waals surface area contributed by atoms with Crippen molar-refractivity contribution in [3.05, 3.63) is 83.6 Å². The molecule has 0 fully saturated rings. The minimum absolute atomic E-state index is 0.110. The fourth-order valence-corrected chi connectivity index (χ4v) is 3.18. The summed E-state index contributed by atoms with van der Waals surface area (Å²) in [7, 11) is 0. The average Bonchev–Trinajstić information content (AvgIpc) is 3.17. The number of halogens is 1. The summed E-state index contributed by atoms with van der Waals surface area (Å²) < 4.78 is 14.8. The Bertz CT molecular complexity index is 1170. The van der Waals surface area contributed by atoms with E-state index >= 15 is 0 Å². The fourth-order valence-electron chi connectivity index (χ4n) is 3.18. The van der Waals surface area contributed by atoms with E-state index in [1.54, 1.807) is 29.1 Å². The third kappa shape index (κ3) is 4.27. The molecule has 1 amide bonds. The largest absolute Gasteiger partial charge is 0.365 e. The molecule has 0 radical (unpaired) electrons. The van der Waals surface area contributed by atoms with Gasteiger partial charge >= 0.3 is 0 Å². The molecule has 7 nitrogen and oxygen atoms in total. The second-order valence-electron chi connectivity index (χ2n) is 6.88. The lowest BCUT2D eigenvalue weighted by atomic mass is 10.1. The second-order valence-corrected chi connectivity index (χ2v) is 6.88. The van der Waals surface area contributed by atoms with Crippen molar-refractivity contribution in [1.29, 1.82) is 0 Å². The van der Waals surface area contributed by atoms with E-state index < -0.39 is 0 Å². The molecule has 0 aliphatic heterocycles. The molecule has 0 saturated carbocycles.